The van der Waals surface area contributed by atoms with Crippen LogP contribution >= 0.6 is 0 Å². The first-order valence-corrected chi connectivity index (χ1v) is 10.3. The number of rotatable bonds is 9. The lowest BCUT2D eigenvalue weighted by Crippen LogP contribution is -2.40. The van der Waals surface area contributed by atoms with E-state index >= 15 is 0 Å². The fraction of sp³-hybridized carbons (Fsp3) is 0.300. The van der Waals surface area contributed by atoms with Crippen LogP contribution in [0.3, 0.4) is 0 Å². The Bertz CT molecular complexity index is 940. The number of esters is 1. The highest BCUT2D eigenvalue weighted by atomic mass is 32.2. The summed E-state index contributed by atoms with van der Waals surface area (Å²) in [5.41, 5.74) is 1.77. The lowest BCUT2D eigenvalue weighted by molar-refractivity contribution is -0.149. The van der Waals surface area contributed by atoms with Crippen LogP contribution in [0.4, 0.5) is 0 Å². The molecule has 0 aromatic heterocycles. The van der Waals surface area contributed by atoms with Crippen LogP contribution in [-0.4, -0.2) is 40.1 Å². The SMILES string of the molecule is COc1ccc(CNC(=O)COC(=O)[C@H](C)NS(=O)(=O)c2ccc(C)cc2)cc1. The molecular weight excluding hydrogens is 396 g/mol. The highest BCUT2D eigenvalue weighted by Gasteiger charge is 2.23. The summed E-state index contributed by atoms with van der Waals surface area (Å²) < 4.78 is 36.8. The largest absolute Gasteiger partial charge is 0.497 e. The maximum Gasteiger partial charge on any atom is 0.324 e. The Morgan fingerprint density at radius 3 is 2.24 bits per heavy atom. The molecule has 0 saturated carbocycles. The lowest BCUT2D eigenvalue weighted by atomic mass is 10.2. The molecule has 9 heteroatoms. The monoisotopic (exact) mass is 420 g/mol. The van der Waals surface area contributed by atoms with Crippen molar-refractivity contribution in [1.29, 1.82) is 0 Å². The van der Waals surface area contributed by atoms with Gasteiger partial charge in [0.25, 0.3) is 5.91 Å². The number of hydrogen-bond acceptors (Lipinski definition) is 6. The summed E-state index contributed by atoms with van der Waals surface area (Å²) in [6.07, 6.45) is 0. The molecule has 0 heterocycles. The molecule has 0 aliphatic rings. The Morgan fingerprint density at radius 2 is 1.66 bits per heavy atom. The van der Waals surface area contributed by atoms with E-state index in [0.717, 1.165) is 11.1 Å². The minimum atomic E-state index is -3.87. The predicted molar refractivity (Wildman–Crippen MR) is 107 cm³/mol. The first-order valence-electron chi connectivity index (χ1n) is 8.86. The zero-order chi connectivity index (χ0) is 21.4. The molecule has 29 heavy (non-hydrogen) atoms. The first-order chi connectivity index (χ1) is 13.7. The number of aryl methyl sites for hydroxylation is 1. The van der Waals surface area contributed by atoms with Gasteiger partial charge >= 0.3 is 5.97 Å². The summed E-state index contributed by atoms with van der Waals surface area (Å²) in [5, 5.41) is 2.61. The smallest absolute Gasteiger partial charge is 0.324 e. The van der Waals surface area contributed by atoms with Gasteiger partial charge in [-0.25, -0.2) is 8.42 Å². The Balaban J connectivity index is 1.79. The van der Waals surface area contributed by atoms with Gasteiger partial charge in [-0.3, -0.25) is 9.59 Å². The second kappa shape index (κ2) is 10.0. The van der Waals surface area contributed by atoms with Gasteiger partial charge in [0.15, 0.2) is 6.61 Å². The van der Waals surface area contributed by atoms with Gasteiger partial charge in [-0.1, -0.05) is 29.8 Å². The number of nitrogens with one attached hydrogen (secondary N) is 2. The molecule has 0 radical (unpaired) electrons. The molecule has 0 fully saturated rings. The van der Waals surface area contributed by atoms with Crippen LogP contribution in [0, 0.1) is 6.92 Å². The minimum Gasteiger partial charge on any atom is -0.497 e. The summed E-state index contributed by atoms with van der Waals surface area (Å²) in [4.78, 5) is 23.9. The lowest BCUT2D eigenvalue weighted by Gasteiger charge is -2.14. The van der Waals surface area contributed by atoms with Crippen molar-refractivity contribution < 1.29 is 27.5 Å². The zero-order valence-electron chi connectivity index (χ0n) is 16.5. The van der Waals surface area contributed by atoms with E-state index in [0.29, 0.717) is 5.75 Å². The van der Waals surface area contributed by atoms with Crippen LogP contribution in [0.25, 0.3) is 0 Å². The highest BCUT2D eigenvalue weighted by molar-refractivity contribution is 7.89. The van der Waals surface area contributed by atoms with Crippen LogP contribution in [0.2, 0.25) is 0 Å². The number of sulfonamides is 1. The van der Waals surface area contributed by atoms with Crippen molar-refractivity contribution in [2.75, 3.05) is 13.7 Å². The zero-order valence-corrected chi connectivity index (χ0v) is 17.3. The fourth-order valence-corrected chi connectivity index (χ4v) is 3.52. The average Bonchev–Trinajstić information content (AvgIpc) is 2.70. The summed E-state index contributed by atoms with van der Waals surface area (Å²) in [7, 11) is -2.31. The Morgan fingerprint density at radius 1 is 1.03 bits per heavy atom. The molecule has 8 nitrogen and oxygen atoms in total. The Kier molecular flexibility index (Phi) is 7.74. The third-order valence-electron chi connectivity index (χ3n) is 4.01. The number of ether oxygens (including phenoxy) is 2. The van der Waals surface area contributed by atoms with Crippen LogP contribution < -0.4 is 14.8 Å². The molecule has 0 spiro atoms. The van der Waals surface area contributed by atoms with Crippen LogP contribution in [0.15, 0.2) is 53.4 Å². The summed E-state index contributed by atoms with van der Waals surface area (Å²) >= 11 is 0. The Hall–Kier alpha value is -2.91. The molecule has 1 amide bonds. The van der Waals surface area contributed by atoms with E-state index in [1.807, 2.05) is 6.92 Å². The van der Waals surface area contributed by atoms with Crippen molar-refractivity contribution in [1.82, 2.24) is 10.0 Å². The van der Waals surface area contributed by atoms with Crippen LogP contribution in [-0.2, 0) is 30.9 Å². The number of carbonyl (C=O) groups is 2. The molecule has 0 saturated heterocycles. The molecule has 2 rings (SSSR count). The van der Waals surface area contributed by atoms with Crippen molar-refractivity contribution in [2.45, 2.75) is 31.3 Å². The topological polar surface area (TPSA) is 111 Å². The third-order valence-corrected chi connectivity index (χ3v) is 5.57. The van der Waals surface area contributed by atoms with E-state index in [2.05, 4.69) is 10.0 Å². The highest BCUT2D eigenvalue weighted by Crippen LogP contribution is 2.12. The van der Waals surface area contributed by atoms with E-state index in [4.69, 9.17) is 9.47 Å². The molecule has 1 atom stereocenters. The molecule has 2 aromatic rings. The predicted octanol–water partition coefficient (Wildman–Crippen LogP) is 1.53. The standard InChI is InChI=1S/C20H24N2O6S/c1-14-4-10-18(11-5-14)29(25,26)22-15(2)20(24)28-13-19(23)21-12-16-6-8-17(27-3)9-7-16/h4-11,15,22H,12-13H2,1-3H3,(H,21,23)/t15-/m0/s1. The quantitative estimate of drug-likeness (QED) is 0.595. The maximum absolute atomic E-state index is 12.3. The van der Waals surface area contributed by atoms with Crippen molar-refractivity contribution >= 4 is 21.9 Å². The average molecular weight is 420 g/mol. The van der Waals surface area contributed by atoms with Crippen LogP contribution in [0.5, 0.6) is 5.75 Å². The van der Waals surface area contributed by atoms with Crippen LogP contribution in [0.1, 0.15) is 18.1 Å². The van der Waals surface area contributed by atoms with Gasteiger partial charge in [0, 0.05) is 6.54 Å². The third kappa shape index (κ3) is 6.88. The number of methoxy groups -OCH3 is 1. The molecule has 0 aliphatic heterocycles. The van der Waals surface area contributed by atoms with E-state index in [1.54, 1.807) is 43.5 Å². The number of benzene rings is 2. The van der Waals surface area contributed by atoms with Gasteiger partial charge in [0.2, 0.25) is 10.0 Å². The van der Waals surface area contributed by atoms with Gasteiger partial charge in [0.1, 0.15) is 11.8 Å². The van der Waals surface area contributed by atoms with Gasteiger partial charge in [-0.15, -0.1) is 0 Å². The van der Waals surface area contributed by atoms with Gasteiger partial charge in [-0.2, -0.15) is 4.72 Å². The first kappa shape index (κ1) is 22.4. The molecule has 156 valence electrons. The van der Waals surface area contributed by atoms with Crippen molar-refractivity contribution in [3.8, 4) is 5.75 Å². The van der Waals surface area contributed by atoms with E-state index < -0.39 is 34.5 Å². The van der Waals surface area contributed by atoms with Crippen molar-refractivity contribution in [2.24, 2.45) is 0 Å². The number of amides is 1. The Labute approximate surface area is 170 Å². The van der Waals surface area contributed by atoms with E-state index in [9.17, 15) is 18.0 Å². The second-order valence-corrected chi connectivity index (χ2v) is 8.10. The summed E-state index contributed by atoms with van der Waals surface area (Å²) in [6.45, 7) is 2.94. The van der Waals surface area contributed by atoms with E-state index in [1.165, 1.54) is 19.1 Å². The minimum absolute atomic E-state index is 0.0417. The fourth-order valence-electron chi connectivity index (χ4n) is 2.32. The van der Waals surface area contributed by atoms with Gasteiger partial charge < -0.3 is 14.8 Å². The number of carbonyl (C=O) groups excluding carboxylic acids is 2. The van der Waals surface area contributed by atoms with Gasteiger partial charge in [0.05, 0.1) is 12.0 Å². The molecule has 2 N–H and O–H groups in total. The van der Waals surface area contributed by atoms with E-state index in [-0.39, 0.29) is 11.4 Å². The second-order valence-electron chi connectivity index (χ2n) is 6.39. The number of hydrogen-bond donors (Lipinski definition) is 2. The van der Waals surface area contributed by atoms with Crippen molar-refractivity contribution in [3.05, 3.63) is 59.7 Å². The molecular formula is C20H24N2O6S. The molecule has 0 aliphatic carbocycles. The molecule has 0 bridgehead atoms. The van der Waals surface area contributed by atoms with Crippen molar-refractivity contribution in [3.63, 3.8) is 0 Å². The van der Waals surface area contributed by atoms with Gasteiger partial charge in [-0.05, 0) is 43.7 Å². The maximum atomic E-state index is 12.3. The normalized spacial score (nSPS) is 12.1. The molecule has 0 unspecified atom stereocenters. The molecule has 2 aromatic carbocycles. The summed E-state index contributed by atoms with van der Waals surface area (Å²) in [6, 6.07) is 12.2. The summed E-state index contributed by atoms with van der Waals surface area (Å²) in [5.74, 6) is -0.640.